The summed E-state index contributed by atoms with van der Waals surface area (Å²) in [6, 6.07) is 1.55. The molecule has 0 aliphatic carbocycles. The molecule has 2 rings (SSSR count). The lowest BCUT2D eigenvalue weighted by Crippen LogP contribution is -2.38. The van der Waals surface area contributed by atoms with Crippen molar-refractivity contribution in [2.45, 2.75) is 19.4 Å². The molecule has 0 radical (unpaired) electrons. The van der Waals surface area contributed by atoms with E-state index in [-0.39, 0.29) is 5.56 Å². The molecule has 1 saturated heterocycles. The van der Waals surface area contributed by atoms with Crippen molar-refractivity contribution in [3.63, 3.8) is 0 Å². The van der Waals surface area contributed by atoms with E-state index in [0.717, 1.165) is 32.0 Å². The molecule has 1 aromatic carbocycles. The Balaban J connectivity index is 2.07. The number of piperidine rings is 1. The van der Waals surface area contributed by atoms with Gasteiger partial charge in [-0.05, 0) is 37.9 Å². The van der Waals surface area contributed by atoms with Crippen LogP contribution in [0.15, 0.2) is 12.1 Å². The van der Waals surface area contributed by atoms with Gasteiger partial charge in [-0.3, -0.25) is 4.90 Å². The molecule has 1 fully saturated rings. The largest absolute Gasteiger partial charge is 0.330 e. The van der Waals surface area contributed by atoms with Gasteiger partial charge in [-0.15, -0.1) is 0 Å². The standard InChI is InChI=1S/C13H17F3N2/c14-11-5-13(16)12(15)4-10(11)8-18-3-1-2-9(6-17)7-18/h4-5,9H,1-3,6-8,17H2. The third kappa shape index (κ3) is 3.03. The molecule has 2 N–H and O–H groups in total. The van der Waals surface area contributed by atoms with E-state index in [9.17, 15) is 13.2 Å². The summed E-state index contributed by atoms with van der Waals surface area (Å²) in [5.41, 5.74) is 5.82. The summed E-state index contributed by atoms with van der Waals surface area (Å²) in [7, 11) is 0. The molecular weight excluding hydrogens is 241 g/mol. The first-order chi connectivity index (χ1) is 8.60. The highest BCUT2D eigenvalue weighted by Gasteiger charge is 2.20. The topological polar surface area (TPSA) is 29.3 Å². The maximum absolute atomic E-state index is 13.5. The Morgan fingerprint density at radius 3 is 2.61 bits per heavy atom. The van der Waals surface area contributed by atoms with E-state index < -0.39 is 17.5 Å². The molecule has 1 atom stereocenters. The van der Waals surface area contributed by atoms with Gasteiger partial charge in [0.25, 0.3) is 0 Å². The van der Waals surface area contributed by atoms with Gasteiger partial charge < -0.3 is 5.73 Å². The number of nitrogens with zero attached hydrogens (tertiary/aromatic N) is 1. The van der Waals surface area contributed by atoms with Gasteiger partial charge in [-0.1, -0.05) is 0 Å². The molecule has 0 amide bonds. The lowest BCUT2D eigenvalue weighted by molar-refractivity contribution is 0.169. The van der Waals surface area contributed by atoms with Crippen molar-refractivity contribution in [1.29, 1.82) is 0 Å². The fourth-order valence-corrected chi connectivity index (χ4v) is 2.41. The molecule has 100 valence electrons. The van der Waals surface area contributed by atoms with Gasteiger partial charge in [0.1, 0.15) is 5.82 Å². The number of benzene rings is 1. The molecule has 0 bridgehead atoms. The highest BCUT2D eigenvalue weighted by molar-refractivity contribution is 5.20. The van der Waals surface area contributed by atoms with E-state index in [1.54, 1.807) is 0 Å². The average Bonchev–Trinajstić information content (AvgIpc) is 2.36. The second kappa shape index (κ2) is 5.71. The van der Waals surface area contributed by atoms with Crippen LogP contribution in [0.5, 0.6) is 0 Å². The Morgan fingerprint density at radius 1 is 1.17 bits per heavy atom. The molecule has 1 heterocycles. The Morgan fingerprint density at radius 2 is 1.89 bits per heavy atom. The molecule has 1 aliphatic heterocycles. The number of hydrogen-bond donors (Lipinski definition) is 1. The van der Waals surface area contributed by atoms with Crippen molar-refractivity contribution in [3.05, 3.63) is 35.1 Å². The SMILES string of the molecule is NCC1CCCN(Cc2cc(F)c(F)cc2F)C1. The second-order valence-corrected chi connectivity index (χ2v) is 4.84. The predicted molar refractivity (Wildman–Crippen MR) is 63.4 cm³/mol. The van der Waals surface area contributed by atoms with Gasteiger partial charge >= 0.3 is 0 Å². The summed E-state index contributed by atoms with van der Waals surface area (Å²) >= 11 is 0. The Bertz CT molecular complexity index is 423. The highest BCUT2D eigenvalue weighted by Crippen LogP contribution is 2.20. The van der Waals surface area contributed by atoms with E-state index in [0.29, 0.717) is 25.1 Å². The van der Waals surface area contributed by atoms with Gasteiger partial charge in [-0.2, -0.15) is 0 Å². The average molecular weight is 258 g/mol. The normalized spacial score (nSPS) is 21.2. The van der Waals surface area contributed by atoms with Gasteiger partial charge in [-0.25, -0.2) is 13.2 Å². The molecule has 1 aromatic rings. The molecule has 2 nitrogen and oxygen atoms in total. The minimum atomic E-state index is -1.14. The van der Waals surface area contributed by atoms with Crippen LogP contribution in [0.1, 0.15) is 18.4 Å². The van der Waals surface area contributed by atoms with Gasteiger partial charge in [0.2, 0.25) is 0 Å². The van der Waals surface area contributed by atoms with Crippen LogP contribution in [0.4, 0.5) is 13.2 Å². The van der Waals surface area contributed by atoms with E-state index >= 15 is 0 Å². The van der Waals surface area contributed by atoms with Crippen LogP contribution in [0.2, 0.25) is 0 Å². The molecule has 5 heteroatoms. The third-order valence-electron chi connectivity index (χ3n) is 3.42. The van der Waals surface area contributed by atoms with Crippen molar-refractivity contribution in [2.24, 2.45) is 11.7 Å². The van der Waals surface area contributed by atoms with Gasteiger partial charge in [0.05, 0.1) is 0 Å². The molecule has 1 aliphatic rings. The molecule has 0 aromatic heterocycles. The Hall–Kier alpha value is -1.07. The summed E-state index contributed by atoms with van der Waals surface area (Å²) in [4.78, 5) is 2.04. The summed E-state index contributed by atoms with van der Waals surface area (Å²) in [6.07, 6.45) is 2.08. The van der Waals surface area contributed by atoms with E-state index in [1.807, 2.05) is 4.90 Å². The lowest BCUT2D eigenvalue weighted by Gasteiger charge is -2.32. The van der Waals surface area contributed by atoms with E-state index in [1.165, 1.54) is 0 Å². The number of halogens is 3. The first-order valence-corrected chi connectivity index (χ1v) is 6.16. The smallest absolute Gasteiger partial charge is 0.161 e. The fraction of sp³-hybridized carbons (Fsp3) is 0.538. The molecule has 0 spiro atoms. The minimum absolute atomic E-state index is 0.201. The van der Waals surface area contributed by atoms with E-state index in [4.69, 9.17) is 5.73 Å². The van der Waals surface area contributed by atoms with Crippen molar-refractivity contribution < 1.29 is 13.2 Å². The fourth-order valence-electron chi connectivity index (χ4n) is 2.41. The minimum Gasteiger partial charge on any atom is -0.330 e. The first-order valence-electron chi connectivity index (χ1n) is 6.16. The van der Waals surface area contributed by atoms with Crippen LogP contribution >= 0.6 is 0 Å². The maximum atomic E-state index is 13.5. The molecule has 1 unspecified atom stereocenters. The monoisotopic (exact) mass is 258 g/mol. The van der Waals surface area contributed by atoms with Crippen molar-refractivity contribution >= 4 is 0 Å². The van der Waals surface area contributed by atoms with Crippen LogP contribution in [0, 0.1) is 23.4 Å². The van der Waals surface area contributed by atoms with Crippen LogP contribution < -0.4 is 5.73 Å². The third-order valence-corrected chi connectivity index (χ3v) is 3.42. The summed E-state index contributed by atoms with van der Waals surface area (Å²) in [5, 5.41) is 0. The van der Waals surface area contributed by atoms with Gasteiger partial charge in [0.15, 0.2) is 11.6 Å². The molecular formula is C13H17F3N2. The first kappa shape index (κ1) is 13.4. The number of likely N-dealkylation sites (tertiary alicyclic amines) is 1. The zero-order valence-corrected chi connectivity index (χ0v) is 10.1. The molecule has 0 saturated carbocycles. The second-order valence-electron chi connectivity index (χ2n) is 4.84. The van der Waals surface area contributed by atoms with Crippen LogP contribution in [-0.4, -0.2) is 24.5 Å². The molecule has 18 heavy (non-hydrogen) atoms. The predicted octanol–water partition coefficient (Wildman–Crippen LogP) is 2.27. The van der Waals surface area contributed by atoms with Crippen molar-refractivity contribution in [1.82, 2.24) is 4.90 Å². The van der Waals surface area contributed by atoms with Crippen molar-refractivity contribution in [2.75, 3.05) is 19.6 Å². The van der Waals surface area contributed by atoms with Crippen LogP contribution in [0.25, 0.3) is 0 Å². The summed E-state index contributed by atoms with van der Waals surface area (Å²) < 4.78 is 39.4. The summed E-state index contributed by atoms with van der Waals surface area (Å²) in [5.74, 6) is -2.43. The maximum Gasteiger partial charge on any atom is 0.161 e. The zero-order valence-electron chi connectivity index (χ0n) is 10.1. The number of rotatable bonds is 3. The summed E-state index contributed by atoms with van der Waals surface area (Å²) in [6.45, 7) is 2.54. The number of nitrogens with two attached hydrogens (primary N) is 1. The van der Waals surface area contributed by atoms with E-state index in [2.05, 4.69) is 0 Å². The Labute approximate surface area is 105 Å². The van der Waals surface area contributed by atoms with Crippen LogP contribution in [0.3, 0.4) is 0 Å². The Kier molecular flexibility index (Phi) is 4.24. The quantitative estimate of drug-likeness (QED) is 0.843. The van der Waals surface area contributed by atoms with Gasteiger partial charge in [0, 0.05) is 24.7 Å². The van der Waals surface area contributed by atoms with Crippen LogP contribution in [-0.2, 0) is 6.54 Å². The zero-order chi connectivity index (χ0) is 13.1. The number of hydrogen-bond acceptors (Lipinski definition) is 2. The lowest BCUT2D eigenvalue weighted by atomic mass is 9.98. The van der Waals surface area contributed by atoms with Crippen molar-refractivity contribution in [3.8, 4) is 0 Å². The highest BCUT2D eigenvalue weighted by atomic mass is 19.2.